The number of hydrogen-bond acceptors (Lipinski definition) is 4. The normalized spacial score (nSPS) is 10.3. The van der Waals surface area contributed by atoms with Gasteiger partial charge >= 0.3 is 0 Å². The Morgan fingerprint density at radius 1 is 1.38 bits per heavy atom. The average Bonchev–Trinajstić information content (AvgIpc) is 2.22. The van der Waals surface area contributed by atoms with Gasteiger partial charge < -0.3 is 5.73 Å². The van der Waals surface area contributed by atoms with Crippen LogP contribution < -0.4 is 11.3 Å². The number of anilines is 1. The highest BCUT2D eigenvalue weighted by molar-refractivity contribution is 5.31. The van der Waals surface area contributed by atoms with Crippen LogP contribution in [0.5, 0.6) is 0 Å². The van der Waals surface area contributed by atoms with E-state index in [1.807, 2.05) is 6.07 Å². The van der Waals surface area contributed by atoms with Gasteiger partial charge in [-0.2, -0.15) is 0 Å². The molecule has 0 unspecified atom stereocenters. The van der Waals surface area contributed by atoms with Gasteiger partial charge in [0.2, 0.25) is 0 Å². The Balaban J connectivity index is 2.31. The molecular weight excluding hydrogens is 204 g/mol. The Morgan fingerprint density at radius 3 is 2.88 bits per heavy atom. The number of rotatable bonds is 2. The molecule has 5 nitrogen and oxygen atoms in total. The predicted molar refractivity (Wildman–Crippen MR) is 61.0 cm³/mol. The van der Waals surface area contributed by atoms with Crippen molar-refractivity contribution in [3.8, 4) is 0 Å². The predicted octanol–water partition coefficient (Wildman–Crippen LogP) is 0.577. The molecule has 2 aromatic heterocycles. The van der Waals surface area contributed by atoms with Gasteiger partial charge in [0.05, 0.1) is 12.9 Å². The molecule has 2 heterocycles. The van der Waals surface area contributed by atoms with Crippen molar-refractivity contribution < 1.29 is 0 Å². The second kappa shape index (κ2) is 4.14. The zero-order valence-electron chi connectivity index (χ0n) is 8.92. The average molecular weight is 216 g/mol. The SMILES string of the molecule is Cc1cc(=O)n(Cc2ccnc(N)c2)cn1. The minimum Gasteiger partial charge on any atom is -0.384 e. The Bertz CT molecular complexity index is 562. The maximum absolute atomic E-state index is 11.6. The van der Waals surface area contributed by atoms with Crippen LogP contribution in [0.15, 0.2) is 35.5 Å². The summed E-state index contributed by atoms with van der Waals surface area (Å²) in [5, 5.41) is 0. The largest absolute Gasteiger partial charge is 0.384 e. The molecule has 0 radical (unpaired) electrons. The van der Waals surface area contributed by atoms with E-state index in [4.69, 9.17) is 5.73 Å². The fourth-order valence-corrected chi connectivity index (χ4v) is 1.42. The van der Waals surface area contributed by atoms with E-state index in [1.165, 1.54) is 17.0 Å². The highest BCUT2D eigenvalue weighted by Gasteiger charge is 1.99. The quantitative estimate of drug-likeness (QED) is 0.796. The van der Waals surface area contributed by atoms with Crippen molar-refractivity contribution in [1.82, 2.24) is 14.5 Å². The number of nitrogens with two attached hydrogens (primary N) is 1. The van der Waals surface area contributed by atoms with Crippen molar-refractivity contribution in [2.75, 3.05) is 5.73 Å². The first-order chi connectivity index (χ1) is 7.65. The van der Waals surface area contributed by atoms with E-state index in [-0.39, 0.29) is 5.56 Å². The van der Waals surface area contributed by atoms with Crippen LogP contribution in [0, 0.1) is 6.92 Å². The first-order valence-corrected chi connectivity index (χ1v) is 4.88. The van der Waals surface area contributed by atoms with Gasteiger partial charge in [0.25, 0.3) is 5.56 Å². The van der Waals surface area contributed by atoms with E-state index >= 15 is 0 Å². The van der Waals surface area contributed by atoms with Crippen molar-refractivity contribution in [3.05, 3.63) is 52.3 Å². The number of pyridine rings is 1. The molecule has 82 valence electrons. The molecule has 16 heavy (non-hydrogen) atoms. The fraction of sp³-hybridized carbons (Fsp3) is 0.182. The molecule has 0 fully saturated rings. The molecule has 0 spiro atoms. The highest BCUT2D eigenvalue weighted by Crippen LogP contribution is 2.03. The van der Waals surface area contributed by atoms with Gasteiger partial charge in [-0.05, 0) is 24.6 Å². The third-order valence-corrected chi connectivity index (χ3v) is 2.21. The summed E-state index contributed by atoms with van der Waals surface area (Å²) >= 11 is 0. The highest BCUT2D eigenvalue weighted by atomic mass is 16.1. The molecule has 0 atom stereocenters. The molecule has 2 aromatic rings. The van der Waals surface area contributed by atoms with Crippen LogP contribution in [-0.4, -0.2) is 14.5 Å². The van der Waals surface area contributed by atoms with Crippen LogP contribution in [0.1, 0.15) is 11.3 Å². The standard InChI is InChI=1S/C11H12N4O/c1-8-4-11(16)15(7-14-8)6-9-2-3-13-10(12)5-9/h2-5,7H,6H2,1H3,(H2,12,13). The number of nitrogen functional groups attached to an aromatic ring is 1. The van der Waals surface area contributed by atoms with E-state index in [1.54, 1.807) is 19.2 Å². The third kappa shape index (κ3) is 2.25. The van der Waals surface area contributed by atoms with Gasteiger partial charge in [-0.15, -0.1) is 0 Å². The van der Waals surface area contributed by atoms with Gasteiger partial charge in [-0.1, -0.05) is 0 Å². The van der Waals surface area contributed by atoms with Crippen molar-refractivity contribution in [3.63, 3.8) is 0 Å². The monoisotopic (exact) mass is 216 g/mol. The Morgan fingerprint density at radius 2 is 2.19 bits per heavy atom. The molecule has 2 N–H and O–H groups in total. The van der Waals surface area contributed by atoms with Crippen LogP contribution in [0.4, 0.5) is 5.82 Å². The lowest BCUT2D eigenvalue weighted by molar-refractivity contribution is 0.729. The zero-order chi connectivity index (χ0) is 11.5. The van der Waals surface area contributed by atoms with Crippen molar-refractivity contribution in [2.24, 2.45) is 0 Å². The molecule has 0 saturated heterocycles. The fourth-order valence-electron chi connectivity index (χ4n) is 1.42. The topological polar surface area (TPSA) is 73.8 Å². The molecule has 5 heteroatoms. The van der Waals surface area contributed by atoms with Crippen LogP contribution >= 0.6 is 0 Å². The first-order valence-electron chi connectivity index (χ1n) is 4.88. The summed E-state index contributed by atoms with van der Waals surface area (Å²) in [6.45, 7) is 2.25. The van der Waals surface area contributed by atoms with Crippen LogP contribution in [0.25, 0.3) is 0 Å². The molecule has 0 bridgehead atoms. The number of aryl methyl sites for hydroxylation is 1. The zero-order valence-corrected chi connectivity index (χ0v) is 8.92. The smallest absolute Gasteiger partial charge is 0.253 e. The number of nitrogens with zero attached hydrogens (tertiary/aromatic N) is 3. The first kappa shape index (κ1) is 10.4. The molecule has 0 saturated carbocycles. The minimum absolute atomic E-state index is 0.0668. The van der Waals surface area contributed by atoms with Gasteiger partial charge in [0, 0.05) is 18.0 Å². The summed E-state index contributed by atoms with van der Waals surface area (Å²) < 4.78 is 1.53. The second-order valence-electron chi connectivity index (χ2n) is 3.59. The van der Waals surface area contributed by atoms with E-state index < -0.39 is 0 Å². The summed E-state index contributed by atoms with van der Waals surface area (Å²) in [5.41, 5.74) is 7.14. The molecule has 0 amide bonds. The Hall–Kier alpha value is -2.17. The maximum atomic E-state index is 11.6. The third-order valence-electron chi connectivity index (χ3n) is 2.21. The minimum atomic E-state index is -0.0668. The maximum Gasteiger partial charge on any atom is 0.253 e. The van der Waals surface area contributed by atoms with Gasteiger partial charge in [0.1, 0.15) is 5.82 Å². The summed E-state index contributed by atoms with van der Waals surface area (Å²) in [7, 11) is 0. The Labute approximate surface area is 92.6 Å². The summed E-state index contributed by atoms with van der Waals surface area (Å²) in [6.07, 6.45) is 3.16. The van der Waals surface area contributed by atoms with Crippen LogP contribution in [0.2, 0.25) is 0 Å². The lowest BCUT2D eigenvalue weighted by Crippen LogP contribution is -2.20. The van der Waals surface area contributed by atoms with E-state index in [0.29, 0.717) is 12.4 Å². The van der Waals surface area contributed by atoms with E-state index in [0.717, 1.165) is 11.3 Å². The van der Waals surface area contributed by atoms with E-state index in [9.17, 15) is 4.79 Å². The van der Waals surface area contributed by atoms with Gasteiger partial charge in [-0.3, -0.25) is 9.36 Å². The van der Waals surface area contributed by atoms with Gasteiger partial charge in [0.15, 0.2) is 0 Å². The second-order valence-corrected chi connectivity index (χ2v) is 3.59. The lowest BCUT2D eigenvalue weighted by Gasteiger charge is -2.05. The molecule has 0 aliphatic carbocycles. The lowest BCUT2D eigenvalue weighted by atomic mass is 10.2. The summed E-state index contributed by atoms with van der Waals surface area (Å²) in [5.74, 6) is 0.450. The van der Waals surface area contributed by atoms with Crippen molar-refractivity contribution in [2.45, 2.75) is 13.5 Å². The van der Waals surface area contributed by atoms with Crippen molar-refractivity contribution >= 4 is 5.82 Å². The molecule has 2 rings (SSSR count). The van der Waals surface area contributed by atoms with Crippen molar-refractivity contribution in [1.29, 1.82) is 0 Å². The van der Waals surface area contributed by atoms with Crippen LogP contribution in [0.3, 0.4) is 0 Å². The number of hydrogen-bond donors (Lipinski definition) is 1. The summed E-state index contributed by atoms with van der Waals surface area (Å²) in [6, 6.07) is 5.07. The molecule has 0 aliphatic heterocycles. The van der Waals surface area contributed by atoms with Crippen LogP contribution in [-0.2, 0) is 6.54 Å². The molecular formula is C11H12N4O. The van der Waals surface area contributed by atoms with E-state index in [2.05, 4.69) is 9.97 Å². The molecule has 0 aliphatic rings. The Kier molecular flexibility index (Phi) is 2.68. The van der Waals surface area contributed by atoms with Gasteiger partial charge in [-0.25, -0.2) is 9.97 Å². The molecule has 0 aromatic carbocycles. The summed E-state index contributed by atoms with van der Waals surface area (Å²) in [4.78, 5) is 19.6. The number of aromatic nitrogens is 3.